The van der Waals surface area contributed by atoms with E-state index < -0.39 is 11.8 Å². The second-order valence-corrected chi connectivity index (χ2v) is 4.65. The molecule has 106 valence electrons. The van der Waals surface area contributed by atoms with Gasteiger partial charge < -0.3 is 10.4 Å². The van der Waals surface area contributed by atoms with Crippen LogP contribution >= 0.6 is 0 Å². The largest absolute Gasteiger partial charge is 0.478 e. The van der Waals surface area contributed by atoms with Crippen LogP contribution in [0, 0.1) is 11.7 Å². The molecule has 2 N–H and O–H groups in total. The molecule has 0 aliphatic heterocycles. The van der Waals surface area contributed by atoms with E-state index in [0.29, 0.717) is 12.5 Å². The molecule has 1 heterocycles. The predicted octanol–water partition coefficient (Wildman–Crippen LogP) is 3.55. The van der Waals surface area contributed by atoms with Gasteiger partial charge in [-0.2, -0.15) is 0 Å². The van der Waals surface area contributed by atoms with Crippen molar-refractivity contribution in [2.75, 3.05) is 11.9 Å². The van der Waals surface area contributed by atoms with Crippen LogP contribution in [0.1, 0.15) is 49.9 Å². The highest BCUT2D eigenvalue weighted by Crippen LogP contribution is 2.17. The standard InChI is InChI=1S/C14H21FN2O2/c1-3-5-6-10(4-2)8-16-13-12(14(18)19)7-11(15)9-17-13/h7,9-10H,3-6,8H2,1-2H3,(H,16,17)(H,18,19). The molecule has 0 aliphatic carbocycles. The molecule has 0 radical (unpaired) electrons. The van der Waals surface area contributed by atoms with Gasteiger partial charge in [-0.3, -0.25) is 0 Å². The lowest BCUT2D eigenvalue weighted by Gasteiger charge is -2.16. The van der Waals surface area contributed by atoms with Crippen LogP contribution < -0.4 is 5.32 Å². The number of hydrogen-bond donors (Lipinski definition) is 2. The van der Waals surface area contributed by atoms with Gasteiger partial charge in [-0.25, -0.2) is 14.2 Å². The van der Waals surface area contributed by atoms with E-state index in [1.165, 1.54) is 0 Å². The van der Waals surface area contributed by atoms with Crippen molar-refractivity contribution in [3.8, 4) is 0 Å². The number of aromatic nitrogens is 1. The van der Waals surface area contributed by atoms with Gasteiger partial charge in [0.2, 0.25) is 0 Å². The van der Waals surface area contributed by atoms with Gasteiger partial charge in [0.1, 0.15) is 17.2 Å². The monoisotopic (exact) mass is 268 g/mol. The summed E-state index contributed by atoms with van der Waals surface area (Å²) in [5.74, 6) is -1.09. The number of carboxylic acids is 1. The van der Waals surface area contributed by atoms with Crippen molar-refractivity contribution in [2.24, 2.45) is 5.92 Å². The lowest BCUT2D eigenvalue weighted by molar-refractivity contribution is 0.0697. The summed E-state index contributed by atoms with van der Waals surface area (Å²) >= 11 is 0. The van der Waals surface area contributed by atoms with Crippen LogP contribution in [0.5, 0.6) is 0 Å². The molecule has 4 nitrogen and oxygen atoms in total. The lowest BCUT2D eigenvalue weighted by atomic mass is 9.99. The van der Waals surface area contributed by atoms with Crippen LogP contribution in [0.4, 0.5) is 10.2 Å². The van der Waals surface area contributed by atoms with Gasteiger partial charge in [0.05, 0.1) is 6.20 Å². The predicted molar refractivity (Wildman–Crippen MR) is 73.0 cm³/mol. The van der Waals surface area contributed by atoms with Crippen LogP contribution in [0.2, 0.25) is 0 Å². The van der Waals surface area contributed by atoms with Crippen LogP contribution in [0.3, 0.4) is 0 Å². The molecule has 5 heteroatoms. The minimum Gasteiger partial charge on any atom is -0.478 e. The molecule has 1 atom stereocenters. The van der Waals surface area contributed by atoms with Crippen LogP contribution in [0.25, 0.3) is 0 Å². The highest BCUT2D eigenvalue weighted by molar-refractivity contribution is 5.93. The van der Waals surface area contributed by atoms with E-state index in [4.69, 9.17) is 5.11 Å². The van der Waals surface area contributed by atoms with Crippen LogP contribution in [-0.2, 0) is 0 Å². The van der Waals surface area contributed by atoms with E-state index >= 15 is 0 Å². The molecule has 0 fully saturated rings. The van der Waals surface area contributed by atoms with Gasteiger partial charge in [-0.15, -0.1) is 0 Å². The number of carbonyl (C=O) groups is 1. The maximum Gasteiger partial charge on any atom is 0.339 e. The zero-order valence-corrected chi connectivity index (χ0v) is 11.4. The smallest absolute Gasteiger partial charge is 0.339 e. The molecule has 1 unspecified atom stereocenters. The molecular weight excluding hydrogens is 247 g/mol. The zero-order chi connectivity index (χ0) is 14.3. The summed E-state index contributed by atoms with van der Waals surface area (Å²) in [7, 11) is 0. The first-order valence-electron chi connectivity index (χ1n) is 6.71. The molecule has 0 aromatic carbocycles. The number of rotatable bonds is 8. The van der Waals surface area contributed by atoms with Crippen molar-refractivity contribution in [2.45, 2.75) is 39.5 Å². The highest BCUT2D eigenvalue weighted by atomic mass is 19.1. The van der Waals surface area contributed by atoms with E-state index in [-0.39, 0.29) is 11.4 Å². The normalized spacial score (nSPS) is 12.2. The van der Waals surface area contributed by atoms with Gasteiger partial charge in [0, 0.05) is 6.54 Å². The third-order valence-corrected chi connectivity index (χ3v) is 3.19. The molecule has 0 bridgehead atoms. The Kier molecular flexibility index (Phi) is 6.25. The molecule has 1 aromatic rings. The number of nitrogens with one attached hydrogen (secondary N) is 1. The summed E-state index contributed by atoms with van der Waals surface area (Å²) in [6, 6.07) is 0.991. The molecule has 1 aromatic heterocycles. The first kappa shape index (κ1) is 15.4. The third kappa shape index (κ3) is 4.85. The van der Waals surface area contributed by atoms with Gasteiger partial charge in [0.15, 0.2) is 0 Å². The maximum absolute atomic E-state index is 13.0. The van der Waals surface area contributed by atoms with E-state index in [9.17, 15) is 9.18 Å². The summed E-state index contributed by atoms with van der Waals surface area (Å²) in [4.78, 5) is 14.8. The average molecular weight is 268 g/mol. The molecule has 0 amide bonds. The minimum absolute atomic E-state index is 0.120. The molecule has 0 spiro atoms. The summed E-state index contributed by atoms with van der Waals surface area (Å²) in [5.41, 5.74) is -0.120. The number of aromatic carboxylic acids is 1. The summed E-state index contributed by atoms with van der Waals surface area (Å²) < 4.78 is 13.0. The molecule has 0 saturated heterocycles. The maximum atomic E-state index is 13.0. The Morgan fingerprint density at radius 1 is 1.53 bits per heavy atom. The summed E-state index contributed by atoms with van der Waals surface area (Å²) in [6.07, 6.45) is 5.45. The van der Waals surface area contributed by atoms with Gasteiger partial charge in [-0.1, -0.05) is 33.1 Å². The molecule has 0 saturated carbocycles. The van der Waals surface area contributed by atoms with Crippen molar-refractivity contribution in [1.82, 2.24) is 4.98 Å². The lowest BCUT2D eigenvalue weighted by Crippen LogP contribution is -2.17. The highest BCUT2D eigenvalue weighted by Gasteiger charge is 2.14. The van der Waals surface area contributed by atoms with Crippen molar-refractivity contribution >= 4 is 11.8 Å². The Morgan fingerprint density at radius 2 is 2.26 bits per heavy atom. The average Bonchev–Trinajstić information content (AvgIpc) is 2.40. The summed E-state index contributed by atoms with van der Waals surface area (Å²) in [6.45, 7) is 4.91. The fourth-order valence-corrected chi connectivity index (χ4v) is 1.93. The number of hydrogen-bond acceptors (Lipinski definition) is 3. The molecule has 0 aliphatic rings. The quantitative estimate of drug-likeness (QED) is 0.757. The summed E-state index contributed by atoms with van der Waals surface area (Å²) in [5, 5.41) is 12.0. The Bertz CT molecular complexity index is 424. The number of carboxylic acid groups (broad SMARTS) is 1. The van der Waals surface area contributed by atoms with Gasteiger partial charge in [-0.05, 0) is 18.4 Å². The molecular formula is C14H21FN2O2. The first-order valence-corrected chi connectivity index (χ1v) is 6.71. The van der Waals surface area contributed by atoms with E-state index in [1.807, 2.05) is 0 Å². The number of anilines is 1. The van der Waals surface area contributed by atoms with Crippen LogP contribution in [0.15, 0.2) is 12.3 Å². The number of nitrogens with zero attached hydrogens (tertiary/aromatic N) is 1. The van der Waals surface area contributed by atoms with Crippen molar-refractivity contribution in [3.05, 3.63) is 23.6 Å². The third-order valence-electron chi connectivity index (χ3n) is 3.19. The van der Waals surface area contributed by atoms with Crippen molar-refractivity contribution < 1.29 is 14.3 Å². The van der Waals surface area contributed by atoms with E-state index in [0.717, 1.165) is 37.9 Å². The zero-order valence-electron chi connectivity index (χ0n) is 11.4. The fourth-order valence-electron chi connectivity index (χ4n) is 1.93. The van der Waals surface area contributed by atoms with Crippen molar-refractivity contribution in [3.63, 3.8) is 0 Å². The minimum atomic E-state index is -1.17. The van der Waals surface area contributed by atoms with Crippen LogP contribution in [-0.4, -0.2) is 22.6 Å². The SMILES string of the molecule is CCCCC(CC)CNc1ncc(F)cc1C(=O)O. The van der Waals surface area contributed by atoms with Gasteiger partial charge >= 0.3 is 5.97 Å². The topological polar surface area (TPSA) is 62.2 Å². The number of unbranched alkanes of at least 4 members (excludes halogenated alkanes) is 1. The fraction of sp³-hybridized carbons (Fsp3) is 0.571. The Hall–Kier alpha value is -1.65. The van der Waals surface area contributed by atoms with Crippen molar-refractivity contribution in [1.29, 1.82) is 0 Å². The number of halogens is 1. The van der Waals surface area contributed by atoms with E-state index in [2.05, 4.69) is 24.1 Å². The van der Waals surface area contributed by atoms with Gasteiger partial charge in [0.25, 0.3) is 0 Å². The van der Waals surface area contributed by atoms with E-state index in [1.54, 1.807) is 0 Å². The second-order valence-electron chi connectivity index (χ2n) is 4.65. The molecule has 1 rings (SSSR count). The first-order chi connectivity index (χ1) is 9.08. The Morgan fingerprint density at radius 3 is 2.84 bits per heavy atom. The molecule has 19 heavy (non-hydrogen) atoms. The number of pyridine rings is 1. The Balaban J connectivity index is 2.68. The second kappa shape index (κ2) is 7.71. The Labute approximate surface area is 113 Å².